The van der Waals surface area contributed by atoms with Gasteiger partial charge in [-0.2, -0.15) is 0 Å². The van der Waals surface area contributed by atoms with Gasteiger partial charge in [-0.15, -0.1) is 0 Å². The number of hydrogen-bond donors (Lipinski definition) is 2. The Morgan fingerprint density at radius 2 is 1.85 bits per heavy atom. The molecule has 2 aromatic rings. The van der Waals surface area contributed by atoms with Crippen molar-refractivity contribution in [2.24, 2.45) is 0 Å². The van der Waals surface area contributed by atoms with Gasteiger partial charge in [-0.05, 0) is 63.6 Å². The van der Waals surface area contributed by atoms with E-state index in [1.807, 2.05) is 13.0 Å². The molecule has 0 aromatic heterocycles. The molecular weight excluding hydrogens is 388 g/mol. The van der Waals surface area contributed by atoms with Crippen LogP contribution in [0.25, 0.3) is 0 Å². The predicted molar refractivity (Wildman–Crippen MR) is 107 cm³/mol. The fourth-order valence-electron chi connectivity index (χ4n) is 2.26. The van der Waals surface area contributed by atoms with Crippen LogP contribution in [-0.2, 0) is 14.8 Å². The molecule has 0 spiro atoms. The average Bonchev–Trinajstić information content (AvgIpc) is 2.54. The van der Waals surface area contributed by atoms with Crippen molar-refractivity contribution in [2.75, 3.05) is 11.9 Å². The van der Waals surface area contributed by atoms with Gasteiger partial charge in [-0.3, -0.25) is 4.79 Å². The molecule has 0 unspecified atom stereocenters. The van der Waals surface area contributed by atoms with Crippen LogP contribution >= 0.6 is 11.6 Å². The highest BCUT2D eigenvalue weighted by molar-refractivity contribution is 7.89. The van der Waals surface area contributed by atoms with Crippen LogP contribution in [0.3, 0.4) is 0 Å². The summed E-state index contributed by atoms with van der Waals surface area (Å²) in [5.41, 5.74) is 0.703. The van der Waals surface area contributed by atoms with E-state index in [0.29, 0.717) is 16.5 Å². The normalized spacial score (nSPS) is 11.9. The van der Waals surface area contributed by atoms with Gasteiger partial charge in [0.25, 0.3) is 5.91 Å². The number of aryl methyl sites for hydroxylation is 1. The van der Waals surface area contributed by atoms with Crippen molar-refractivity contribution in [3.05, 3.63) is 53.1 Å². The number of carbonyl (C=O) groups excluding carboxylic acids is 1. The van der Waals surface area contributed by atoms with Crippen molar-refractivity contribution in [1.82, 2.24) is 4.72 Å². The minimum atomic E-state index is -3.69. The molecule has 146 valence electrons. The number of carbonyl (C=O) groups is 1. The summed E-state index contributed by atoms with van der Waals surface area (Å²) in [6.45, 7) is 6.90. The first-order chi connectivity index (χ1) is 12.5. The molecule has 0 saturated carbocycles. The van der Waals surface area contributed by atoms with E-state index in [1.54, 1.807) is 45.0 Å². The largest absolute Gasteiger partial charge is 0.482 e. The minimum absolute atomic E-state index is 0.0675. The van der Waals surface area contributed by atoms with Gasteiger partial charge in [-0.25, -0.2) is 13.1 Å². The third-order valence-electron chi connectivity index (χ3n) is 3.31. The average molecular weight is 411 g/mol. The molecule has 0 saturated heterocycles. The van der Waals surface area contributed by atoms with E-state index in [-0.39, 0.29) is 11.5 Å². The van der Waals surface area contributed by atoms with Crippen molar-refractivity contribution in [3.63, 3.8) is 0 Å². The van der Waals surface area contributed by atoms with Crippen molar-refractivity contribution < 1.29 is 17.9 Å². The van der Waals surface area contributed by atoms with Crippen LogP contribution in [0.2, 0.25) is 5.02 Å². The molecule has 0 fully saturated rings. The van der Waals surface area contributed by atoms with Crippen LogP contribution in [0, 0.1) is 6.92 Å². The maximum atomic E-state index is 12.4. The van der Waals surface area contributed by atoms with Crippen molar-refractivity contribution in [3.8, 4) is 5.75 Å². The van der Waals surface area contributed by atoms with Crippen LogP contribution in [-0.4, -0.2) is 26.5 Å². The third-order valence-corrected chi connectivity index (χ3v) is 5.38. The second-order valence-corrected chi connectivity index (χ2v) is 9.24. The summed E-state index contributed by atoms with van der Waals surface area (Å²) < 4.78 is 32.8. The summed E-state index contributed by atoms with van der Waals surface area (Å²) in [4.78, 5) is 12.2. The number of ether oxygens (including phenoxy) is 1. The lowest BCUT2D eigenvalue weighted by molar-refractivity contribution is -0.118. The first-order valence-electron chi connectivity index (χ1n) is 8.29. The standard InChI is InChI=1S/C19H23ClN2O4S/c1-13-8-9-16(20)17(10-13)26-12-18(23)21-14-6-5-7-15(11-14)27(24,25)22-19(2,3)4/h5-11,22H,12H2,1-4H3,(H,21,23). The molecule has 0 bridgehead atoms. The van der Waals surface area contributed by atoms with Gasteiger partial charge < -0.3 is 10.1 Å². The van der Waals surface area contributed by atoms with Crippen LogP contribution in [0.4, 0.5) is 5.69 Å². The highest BCUT2D eigenvalue weighted by Gasteiger charge is 2.22. The lowest BCUT2D eigenvalue weighted by Gasteiger charge is -2.20. The molecule has 6 nitrogen and oxygen atoms in total. The van der Waals surface area contributed by atoms with E-state index in [1.165, 1.54) is 12.1 Å². The van der Waals surface area contributed by atoms with Gasteiger partial charge in [0.1, 0.15) is 5.75 Å². The number of sulfonamides is 1. The van der Waals surface area contributed by atoms with E-state index in [2.05, 4.69) is 10.0 Å². The molecule has 8 heteroatoms. The Morgan fingerprint density at radius 3 is 2.52 bits per heavy atom. The monoisotopic (exact) mass is 410 g/mol. The maximum absolute atomic E-state index is 12.4. The van der Waals surface area contributed by atoms with E-state index in [0.717, 1.165) is 5.56 Å². The van der Waals surface area contributed by atoms with Crippen molar-refractivity contribution in [1.29, 1.82) is 0 Å². The highest BCUT2D eigenvalue weighted by Crippen LogP contribution is 2.25. The van der Waals surface area contributed by atoms with Crippen LogP contribution in [0.1, 0.15) is 26.3 Å². The minimum Gasteiger partial charge on any atom is -0.482 e. The van der Waals surface area contributed by atoms with Gasteiger partial charge in [0, 0.05) is 11.2 Å². The number of amides is 1. The topological polar surface area (TPSA) is 84.5 Å². The number of anilines is 1. The van der Waals surface area contributed by atoms with Crippen LogP contribution in [0.5, 0.6) is 5.75 Å². The maximum Gasteiger partial charge on any atom is 0.262 e. The molecule has 0 heterocycles. The zero-order valence-electron chi connectivity index (χ0n) is 15.7. The summed E-state index contributed by atoms with van der Waals surface area (Å²) >= 11 is 6.03. The van der Waals surface area contributed by atoms with Crippen molar-refractivity contribution >= 4 is 33.2 Å². The smallest absolute Gasteiger partial charge is 0.262 e. The van der Waals surface area contributed by atoms with Crippen LogP contribution in [0.15, 0.2) is 47.4 Å². The van der Waals surface area contributed by atoms with Gasteiger partial charge in [0.05, 0.1) is 9.92 Å². The molecule has 0 radical (unpaired) electrons. The molecule has 1 amide bonds. The molecule has 2 aromatic carbocycles. The second-order valence-electron chi connectivity index (χ2n) is 7.15. The lowest BCUT2D eigenvalue weighted by atomic mass is 10.1. The molecule has 2 N–H and O–H groups in total. The number of hydrogen-bond acceptors (Lipinski definition) is 4. The molecule has 27 heavy (non-hydrogen) atoms. The lowest BCUT2D eigenvalue weighted by Crippen LogP contribution is -2.40. The first kappa shape index (κ1) is 21.2. The van der Waals surface area contributed by atoms with Crippen LogP contribution < -0.4 is 14.8 Å². The highest BCUT2D eigenvalue weighted by atomic mass is 35.5. The number of halogens is 1. The summed E-state index contributed by atoms with van der Waals surface area (Å²) in [5.74, 6) is -0.0107. The Balaban J connectivity index is 2.05. The quantitative estimate of drug-likeness (QED) is 0.759. The van der Waals surface area contributed by atoms with Crippen molar-refractivity contribution in [2.45, 2.75) is 38.1 Å². The first-order valence-corrected chi connectivity index (χ1v) is 10.2. The summed E-state index contributed by atoms with van der Waals surface area (Å²) in [6.07, 6.45) is 0. The van der Waals surface area contributed by atoms with Gasteiger partial charge in [0.2, 0.25) is 10.0 Å². The predicted octanol–water partition coefficient (Wildman–Crippen LogP) is 3.74. The molecule has 0 aliphatic rings. The second kappa shape index (κ2) is 8.29. The third kappa shape index (κ3) is 6.53. The van der Waals surface area contributed by atoms with E-state index in [9.17, 15) is 13.2 Å². The molecule has 0 aliphatic heterocycles. The Hall–Kier alpha value is -2.09. The summed E-state index contributed by atoms with van der Waals surface area (Å²) in [5, 5.41) is 3.03. The molecule has 0 atom stereocenters. The van der Waals surface area contributed by atoms with E-state index < -0.39 is 21.5 Å². The number of rotatable bonds is 6. The molecule has 0 aliphatic carbocycles. The van der Waals surface area contributed by atoms with Gasteiger partial charge in [-0.1, -0.05) is 23.7 Å². The van der Waals surface area contributed by atoms with Gasteiger partial charge >= 0.3 is 0 Å². The molecule has 2 rings (SSSR count). The summed E-state index contributed by atoms with van der Waals surface area (Å²) in [7, 11) is -3.69. The Kier molecular flexibility index (Phi) is 6.51. The number of benzene rings is 2. The fourth-order valence-corrected chi connectivity index (χ4v) is 3.90. The Morgan fingerprint density at radius 1 is 1.15 bits per heavy atom. The Bertz CT molecular complexity index is 937. The SMILES string of the molecule is Cc1ccc(Cl)c(OCC(=O)Nc2cccc(S(=O)(=O)NC(C)(C)C)c2)c1. The van der Waals surface area contributed by atoms with Gasteiger partial charge in [0.15, 0.2) is 6.61 Å². The zero-order chi connectivity index (χ0) is 20.2. The Labute approximate surface area is 164 Å². The van der Waals surface area contributed by atoms with E-state index >= 15 is 0 Å². The van der Waals surface area contributed by atoms with E-state index in [4.69, 9.17) is 16.3 Å². The fraction of sp³-hybridized carbons (Fsp3) is 0.316. The zero-order valence-corrected chi connectivity index (χ0v) is 17.2. The number of nitrogens with one attached hydrogen (secondary N) is 2. The molecular formula is C19H23ClN2O4S. The summed E-state index contributed by atoms with van der Waals surface area (Å²) in [6, 6.07) is 11.3.